The van der Waals surface area contributed by atoms with Crippen LogP contribution in [0.4, 0.5) is 4.79 Å². The third-order valence-corrected chi connectivity index (χ3v) is 5.77. The van der Waals surface area contributed by atoms with Gasteiger partial charge in [0.15, 0.2) is 0 Å². The summed E-state index contributed by atoms with van der Waals surface area (Å²) in [5.41, 5.74) is 0.427. The summed E-state index contributed by atoms with van der Waals surface area (Å²) in [5, 5.41) is 1.01. The van der Waals surface area contributed by atoms with Gasteiger partial charge in [-0.3, -0.25) is 4.79 Å². The second-order valence-electron chi connectivity index (χ2n) is 8.71. The van der Waals surface area contributed by atoms with Crippen LogP contribution in [0.5, 0.6) is 0 Å². The van der Waals surface area contributed by atoms with Gasteiger partial charge >= 0.3 is 6.09 Å². The van der Waals surface area contributed by atoms with Gasteiger partial charge in [0.25, 0.3) is 0 Å². The Morgan fingerprint density at radius 1 is 1.18 bits per heavy atom. The van der Waals surface area contributed by atoms with Gasteiger partial charge in [0.2, 0.25) is 5.91 Å². The van der Waals surface area contributed by atoms with E-state index >= 15 is 0 Å². The topological polar surface area (TPSA) is 49.9 Å². The summed E-state index contributed by atoms with van der Waals surface area (Å²) in [6.45, 7) is 7.12. The van der Waals surface area contributed by atoms with Gasteiger partial charge in [-0.25, -0.2) is 4.79 Å². The van der Waals surface area contributed by atoms with Crippen molar-refractivity contribution < 1.29 is 14.3 Å². The van der Waals surface area contributed by atoms with Gasteiger partial charge in [0.1, 0.15) is 5.60 Å². The molecule has 2 aliphatic rings. The van der Waals surface area contributed by atoms with Gasteiger partial charge in [-0.1, -0.05) is 29.3 Å². The zero-order valence-electron chi connectivity index (χ0n) is 16.7. The van der Waals surface area contributed by atoms with Crippen LogP contribution in [-0.4, -0.2) is 46.5 Å². The Labute approximate surface area is 176 Å². The fourth-order valence-corrected chi connectivity index (χ4v) is 3.83. The summed E-state index contributed by atoms with van der Waals surface area (Å²) in [4.78, 5) is 29.3. The van der Waals surface area contributed by atoms with Gasteiger partial charge < -0.3 is 14.5 Å². The lowest BCUT2D eigenvalue weighted by Crippen LogP contribution is -2.48. The number of hydrogen-bond donors (Lipinski definition) is 0. The molecule has 0 bridgehead atoms. The van der Waals surface area contributed by atoms with Crippen LogP contribution in [-0.2, 0) is 16.1 Å². The SMILES string of the molecule is CC(C)(C)OC(=O)N1CCC[C@@H](C(=O)N(Cc2ccc(Cl)c(Cl)c2)C2CC2)C1. The first kappa shape index (κ1) is 21.3. The summed E-state index contributed by atoms with van der Waals surface area (Å²) < 4.78 is 5.48. The van der Waals surface area contributed by atoms with Crippen molar-refractivity contribution in [1.29, 1.82) is 0 Å². The van der Waals surface area contributed by atoms with Gasteiger partial charge in [-0.15, -0.1) is 0 Å². The first-order valence-corrected chi connectivity index (χ1v) is 10.6. The van der Waals surface area contributed by atoms with E-state index in [-0.39, 0.29) is 24.0 Å². The summed E-state index contributed by atoms with van der Waals surface area (Å²) in [6, 6.07) is 5.77. The highest BCUT2D eigenvalue weighted by atomic mass is 35.5. The number of benzene rings is 1. The predicted molar refractivity (Wildman–Crippen MR) is 111 cm³/mol. The Balaban J connectivity index is 1.67. The van der Waals surface area contributed by atoms with Crippen molar-refractivity contribution >= 4 is 35.2 Å². The molecular weight excluding hydrogens is 399 g/mol. The largest absolute Gasteiger partial charge is 0.444 e. The highest BCUT2D eigenvalue weighted by molar-refractivity contribution is 6.42. The number of amides is 2. The molecule has 2 fully saturated rings. The van der Waals surface area contributed by atoms with Gasteiger partial charge in [-0.05, 0) is 64.2 Å². The molecule has 0 aromatic heterocycles. The minimum absolute atomic E-state index is 0.113. The number of piperidine rings is 1. The van der Waals surface area contributed by atoms with Gasteiger partial charge in [-0.2, -0.15) is 0 Å². The molecule has 0 radical (unpaired) electrons. The number of ether oxygens (including phenoxy) is 1. The van der Waals surface area contributed by atoms with Crippen LogP contribution in [0.1, 0.15) is 52.0 Å². The Morgan fingerprint density at radius 3 is 2.50 bits per heavy atom. The van der Waals surface area contributed by atoms with E-state index in [1.807, 2.05) is 37.8 Å². The van der Waals surface area contributed by atoms with Crippen LogP contribution in [0.15, 0.2) is 18.2 Å². The van der Waals surface area contributed by atoms with E-state index in [4.69, 9.17) is 27.9 Å². The molecule has 1 aromatic carbocycles. The average Bonchev–Trinajstić information content (AvgIpc) is 3.46. The molecule has 3 rings (SSSR count). The molecule has 1 aliphatic carbocycles. The van der Waals surface area contributed by atoms with Crippen molar-refractivity contribution in [1.82, 2.24) is 9.80 Å². The lowest BCUT2D eigenvalue weighted by atomic mass is 9.96. The Bertz CT molecular complexity index is 744. The van der Waals surface area contributed by atoms with Crippen molar-refractivity contribution in [2.24, 2.45) is 5.92 Å². The first-order chi connectivity index (χ1) is 13.1. The minimum atomic E-state index is -0.540. The summed E-state index contributed by atoms with van der Waals surface area (Å²) in [5.74, 6) is -0.0773. The molecule has 0 N–H and O–H groups in total. The van der Waals surface area contributed by atoms with Crippen molar-refractivity contribution in [3.8, 4) is 0 Å². The molecule has 7 heteroatoms. The summed E-state index contributed by atoms with van der Waals surface area (Å²) >= 11 is 12.1. The number of rotatable bonds is 4. The van der Waals surface area contributed by atoms with E-state index in [2.05, 4.69) is 0 Å². The van der Waals surface area contributed by atoms with Crippen LogP contribution >= 0.6 is 23.2 Å². The third-order valence-electron chi connectivity index (χ3n) is 5.03. The molecule has 1 aromatic rings. The zero-order valence-corrected chi connectivity index (χ0v) is 18.2. The predicted octanol–water partition coefficient (Wildman–Crippen LogP) is 5.13. The van der Waals surface area contributed by atoms with Crippen molar-refractivity contribution in [2.75, 3.05) is 13.1 Å². The Morgan fingerprint density at radius 2 is 1.89 bits per heavy atom. The number of nitrogens with zero attached hydrogens (tertiary/aromatic N) is 2. The number of likely N-dealkylation sites (tertiary alicyclic amines) is 1. The normalized spacial score (nSPS) is 20.0. The Hall–Kier alpha value is -1.46. The zero-order chi connectivity index (χ0) is 20.5. The fourth-order valence-electron chi connectivity index (χ4n) is 3.51. The maximum atomic E-state index is 13.3. The highest BCUT2D eigenvalue weighted by Gasteiger charge is 2.38. The van der Waals surface area contributed by atoms with Crippen LogP contribution in [0.25, 0.3) is 0 Å². The first-order valence-electron chi connectivity index (χ1n) is 9.86. The van der Waals surface area contributed by atoms with E-state index in [1.54, 1.807) is 11.0 Å². The molecule has 0 spiro atoms. The molecule has 5 nitrogen and oxygen atoms in total. The van der Waals surface area contributed by atoms with E-state index in [1.165, 1.54) is 0 Å². The molecule has 0 unspecified atom stereocenters. The number of carbonyl (C=O) groups is 2. The van der Waals surface area contributed by atoms with Crippen molar-refractivity contribution in [3.05, 3.63) is 33.8 Å². The van der Waals surface area contributed by atoms with E-state index in [0.29, 0.717) is 29.7 Å². The molecular formula is C21H28Cl2N2O3. The summed E-state index contributed by atoms with van der Waals surface area (Å²) in [7, 11) is 0. The fraction of sp³-hybridized carbons (Fsp3) is 0.619. The second kappa shape index (κ2) is 8.50. The molecule has 154 valence electrons. The van der Waals surface area contributed by atoms with Gasteiger partial charge in [0.05, 0.1) is 16.0 Å². The van der Waals surface area contributed by atoms with Crippen LogP contribution in [0, 0.1) is 5.92 Å². The molecule has 28 heavy (non-hydrogen) atoms. The van der Waals surface area contributed by atoms with E-state index in [9.17, 15) is 9.59 Å². The molecule has 2 amide bonds. The van der Waals surface area contributed by atoms with Crippen molar-refractivity contribution in [3.63, 3.8) is 0 Å². The second-order valence-corrected chi connectivity index (χ2v) is 9.53. The minimum Gasteiger partial charge on any atom is -0.444 e. The maximum absolute atomic E-state index is 13.3. The summed E-state index contributed by atoms with van der Waals surface area (Å²) in [6.07, 6.45) is 3.31. The van der Waals surface area contributed by atoms with Crippen LogP contribution in [0.3, 0.4) is 0 Å². The third kappa shape index (κ3) is 5.54. The van der Waals surface area contributed by atoms with E-state index in [0.717, 1.165) is 31.2 Å². The van der Waals surface area contributed by atoms with Crippen molar-refractivity contribution in [2.45, 2.75) is 64.6 Å². The molecule has 1 heterocycles. The van der Waals surface area contributed by atoms with E-state index < -0.39 is 5.60 Å². The highest BCUT2D eigenvalue weighted by Crippen LogP contribution is 2.33. The quantitative estimate of drug-likeness (QED) is 0.669. The molecule has 1 saturated heterocycles. The number of halogens is 2. The van der Waals surface area contributed by atoms with Crippen LogP contribution in [0.2, 0.25) is 10.0 Å². The molecule has 1 atom stereocenters. The standard InChI is InChI=1S/C21H28Cl2N2O3/c1-21(2,3)28-20(27)24-10-4-5-15(13-24)19(26)25(16-7-8-16)12-14-6-9-17(22)18(23)11-14/h6,9,11,15-16H,4-5,7-8,10,12-13H2,1-3H3/t15-/m1/s1. The van der Waals surface area contributed by atoms with Gasteiger partial charge in [0, 0.05) is 25.7 Å². The number of carbonyl (C=O) groups excluding carboxylic acids is 2. The smallest absolute Gasteiger partial charge is 0.410 e. The molecule has 1 aliphatic heterocycles. The monoisotopic (exact) mass is 426 g/mol. The lowest BCUT2D eigenvalue weighted by molar-refractivity contribution is -0.138. The maximum Gasteiger partial charge on any atom is 0.410 e. The number of hydrogen-bond acceptors (Lipinski definition) is 3. The average molecular weight is 427 g/mol. The Kier molecular flexibility index (Phi) is 6.45. The molecule has 1 saturated carbocycles. The van der Waals surface area contributed by atoms with Crippen LogP contribution < -0.4 is 0 Å². The lowest BCUT2D eigenvalue weighted by Gasteiger charge is -2.36.